The molecule has 1 atom stereocenters. The van der Waals surface area contributed by atoms with Gasteiger partial charge in [0.2, 0.25) is 0 Å². The third-order valence-electron chi connectivity index (χ3n) is 4.97. The molecule has 0 spiro atoms. The molecular formula is C20H22N4O. The Morgan fingerprint density at radius 3 is 2.76 bits per heavy atom. The van der Waals surface area contributed by atoms with Gasteiger partial charge in [0.1, 0.15) is 5.82 Å². The number of likely N-dealkylation sites (N-methyl/N-ethyl adjacent to an activating group) is 1. The van der Waals surface area contributed by atoms with Gasteiger partial charge in [0.15, 0.2) is 0 Å². The van der Waals surface area contributed by atoms with E-state index >= 15 is 0 Å². The van der Waals surface area contributed by atoms with Gasteiger partial charge in [-0.2, -0.15) is 0 Å². The predicted octanol–water partition coefficient (Wildman–Crippen LogP) is 3.00. The van der Waals surface area contributed by atoms with Crippen molar-refractivity contribution in [3.8, 4) is 0 Å². The summed E-state index contributed by atoms with van der Waals surface area (Å²) < 4.78 is 0. The van der Waals surface area contributed by atoms with Crippen molar-refractivity contribution in [1.82, 2.24) is 19.8 Å². The summed E-state index contributed by atoms with van der Waals surface area (Å²) in [6.45, 7) is 4.25. The third kappa shape index (κ3) is 3.03. The molecule has 0 radical (unpaired) electrons. The molecule has 1 fully saturated rings. The Morgan fingerprint density at radius 2 is 1.96 bits per heavy atom. The first-order chi connectivity index (χ1) is 12.1. The van der Waals surface area contributed by atoms with Gasteiger partial charge in [-0.05, 0) is 37.7 Å². The number of aryl methyl sites for hydroxylation is 1. The van der Waals surface area contributed by atoms with Crippen molar-refractivity contribution < 1.29 is 4.79 Å². The average Bonchev–Trinajstić information content (AvgIpc) is 3.01. The number of piperazine rings is 1. The summed E-state index contributed by atoms with van der Waals surface area (Å²) in [5, 5.41) is 0. The molecule has 4 rings (SSSR count). The van der Waals surface area contributed by atoms with Gasteiger partial charge < -0.3 is 9.88 Å². The van der Waals surface area contributed by atoms with Gasteiger partial charge in [-0.3, -0.25) is 9.69 Å². The molecule has 25 heavy (non-hydrogen) atoms. The highest BCUT2D eigenvalue weighted by atomic mass is 16.2. The maximum atomic E-state index is 13.0. The van der Waals surface area contributed by atoms with Crippen LogP contribution in [-0.4, -0.2) is 52.4 Å². The van der Waals surface area contributed by atoms with Gasteiger partial charge in [-0.1, -0.05) is 30.3 Å². The summed E-state index contributed by atoms with van der Waals surface area (Å²) in [5.41, 5.74) is 3.78. The molecule has 1 amide bonds. The molecule has 5 nitrogen and oxygen atoms in total. The van der Waals surface area contributed by atoms with E-state index in [0.717, 1.165) is 29.9 Å². The topological polar surface area (TPSA) is 52.2 Å². The molecule has 1 saturated heterocycles. The molecule has 5 heteroatoms. The number of nitrogens with one attached hydrogen (secondary N) is 1. The number of hydrogen-bond acceptors (Lipinski definition) is 3. The van der Waals surface area contributed by atoms with Crippen molar-refractivity contribution in [2.75, 3.05) is 26.7 Å². The summed E-state index contributed by atoms with van der Waals surface area (Å²) in [6, 6.07) is 16.3. The van der Waals surface area contributed by atoms with E-state index in [1.54, 1.807) is 0 Å². The van der Waals surface area contributed by atoms with E-state index in [2.05, 4.69) is 46.2 Å². The highest BCUT2D eigenvalue weighted by Gasteiger charge is 2.29. The first-order valence-corrected chi connectivity index (χ1v) is 8.62. The minimum atomic E-state index is 0.0863. The number of carbonyl (C=O) groups is 1. The molecule has 1 aromatic heterocycles. The van der Waals surface area contributed by atoms with Crippen LogP contribution in [-0.2, 0) is 0 Å². The van der Waals surface area contributed by atoms with Crippen LogP contribution in [0, 0.1) is 6.92 Å². The van der Waals surface area contributed by atoms with Crippen LogP contribution < -0.4 is 0 Å². The molecule has 1 aliphatic heterocycles. The highest BCUT2D eigenvalue weighted by molar-refractivity contribution is 5.97. The predicted molar refractivity (Wildman–Crippen MR) is 98.5 cm³/mol. The second-order valence-corrected chi connectivity index (χ2v) is 6.71. The standard InChI is InChI=1S/C20H22N4O/c1-14-21-17-9-8-16(12-18(17)22-14)20(25)24-11-10-23(2)19(13-24)15-6-4-3-5-7-15/h3-9,12,19H,10-11,13H2,1-2H3,(H,21,22)/t19-/m1/s1. The monoisotopic (exact) mass is 334 g/mol. The van der Waals surface area contributed by atoms with Crippen LogP contribution in [0.1, 0.15) is 27.8 Å². The van der Waals surface area contributed by atoms with E-state index in [4.69, 9.17) is 0 Å². The van der Waals surface area contributed by atoms with Crippen LogP contribution in [0.3, 0.4) is 0 Å². The number of carbonyl (C=O) groups excluding carboxylic acids is 1. The van der Waals surface area contributed by atoms with Crippen LogP contribution in [0.25, 0.3) is 11.0 Å². The van der Waals surface area contributed by atoms with Crippen molar-refractivity contribution in [1.29, 1.82) is 0 Å². The molecule has 3 aromatic rings. The Hall–Kier alpha value is -2.66. The number of hydrogen-bond donors (Lipinski definition) is 1. The third-order valence-corrected chi connectivity index (χ3v) is 4.97. The van der Waals surface area contributed by atoms with Gasteiger partial charge in [0.05, 0.1) is 17.1 Å². The van der Waals surface area contributed by atoms with Crippen LogP contribution in [0.2, 0.25) is 0 Å². The summed E-state index contributed by atoms with van der Waals surface area (Å²) in [7, 11) is 2.12. The summed E-state index contributed by atoms with van der Waals surface area (Å²) >= 11 is 0. The fourth-order valence-electron chi connectivity index (χ4n) is 3.55. The molecule has 1 N–H and O–H groups in total. The van der Waals surface area contributed by atoms with Crippen molar-refractivity contribution in [2.24, 2.45) is 0 Å². The lowest BCUT2D eigenvalue weighted by Crippen LogP contribution is -2.49. The fraction of sp³-hybridized carbons (Fsp3) is 0.300. The number of rotatable bonds is 2. The van der Waals surface area contributed by atoms with Gasteiger partial charge in [0, 0.05) is 25.2 Å². The second kappa shape index (κ2) is 6.33. The van der Waals surface area contributed by atoms with Gasteiger partial charge in [0.25, 0.3) is 5.91 Å². The number of benzene rings is 2. The summed E-state index contributed by atoms with van der Waals surface area (Å²) in [5.74, 6) is 0.950. The van der Waals surface area contributed by atoms with Crippen molar-refractivity contribution >= 4 is 16.9 Å². The number of amides is 1. The number of fused-ring (bicyclic) bond motifs is 1. The molecule has 0 unspecified atom stereocenters. The van der Waals surface area contributed by atoms with E-state index in [9.17, 15) is 4.79 Å². The number of aromatic nitrogens is 2. The Bertz CT molecular complexity index is 902. The molecular weight excluding hydrogens is 312 g/mol. The van der Waals surface area contributed by atoms with E-state index in [0.29, 0.717) is 12.1 Å². The van der Waals surface area contributed by atoms with Crippen molar-refractivity contribution in [2.45, 2.75) is 13.0 Å². The Balaban J connectivity index is 1.58. The normalized spacial score (nSPS) is 18.6. The second-order valence-electron chi connectivity index (χ2n) is 6.71. The lowest BCUT2D eigenvalue weighted by molar-refractivity contribution is 0.0546. The molecule has 1 aliphatic rings. The van der Waals surface area contributed by atoms with E-state index < -0.39 is 0 Å². The number of H-pyrrole nitrogens is 1. The van der Waals surface area contributed by atoms with Crippen molar-refractivity contribution in [3.63, 3.8) is 0 Å². The van der Waals surface area contributed by atoms with Crippen LogP contribution >= 0.6 is 0 Å². The molecule has 0 aliphatic carbocycles. The van der Waals surface area contributed by atoms with E-state index in [1.165, 1.54) is 5.56 Å². The number of imidazole rings is 1. The largest absolute Gasteiger partial charge is 0.342 e. The Kier molecular flexibility index (Phi) is 4.01. The van der Waals surface area contributed by atoms with Crippen LogP contribution in [0.5, 0.6) is 0 Å². The molecule has 128 valence electrons. The zero-order valence-electron chi connectivity index (χ0n) is 14.6. The van der Waals surface area contributed by atoms with E-state index in [1.807, 2.05) is 36.1 Å². The Morgan fingerprint density at radius 1 is 1.16 bits per heavy atom. The average molecular weight is 334 g/mol. The smallest absolute Gasteiger partial charge is 0.254 e. The minimum Gasteiger partial charge on any atom is -0.342 e. The maximum absolute atomic E-state index is 13.0. The summed E-state index contributed by atoms with van der Waals surface area (Å²) in [6.07, 6.45) is 0. The first-order valence-electron chi connectivity index (χ1n) is 8.62. The molecule has 2 aromatic carbocycles. The van der Waals surface area contributed by atoms with Crippen molar-refractivity contribution in [3.05, 3.63) is 65.5 Å². The molecule has 0 saturated carbocycles. The molecule has 2 heterocycles. The highest BCUT2D eigenvalue weighted by Crippen LogP contribution is 2.25. The maximum Gasteiger partial charge on any atom is 0.254 e. The summed E-state index contributed by atoms with van der Waals surface area (Å²) in [4.78, 5) is 24.9. The Labute approximate surface area is 147 Å². The lowest BCUT2D eigenvalue weighted by Gasteiger charge is -2.39. The number of aromatic amines is 1. The SMILES string of the molecule is Cc1nc2ccc(C(=O)N3CCN(C)[C@@H](c4ccccc4)C3)cc2[nH]1. The zero-order chi connectivity index (χ0) is 17.4. The lowest BCUT2D eigenvalue weighted by atomic mass is 10.0. The van der Waals surface area contributed by atoms with Crippen LogP contribution in [0.15, 0.2) is 48.5 Å². The minimum absolute atomic E-state index is 0.0863. The van der Waals surface area contributed by atoms with Crippen LogP contribution in [0.4, 0.5) is 0 Å². The van der Waals surface area contributed by atoms with E-state index in [-0.39, 0.29) is 11.9 Å². The molecule has 0 bridgehead atoms. The van der Waals surface area contributed by atoms with Gasteiger partial charge >= 0.3 is 0 Å². The zero-order valence-corrected chi connectivity index (χ0v) is 14.6. The van der Waals surface area contributed by atoms with Gasteiger partial charge in [-0.25, -0.2) is 4.98 Å². The van der Waals surface area contributed by atoms with Gasteiger partial charge in [-0.15, -0.1) is 0 Å². The first kappa shape index (κ1) is 15.8. The fourth-order valence-corrected chi connectivity index (χ4v) is 3.55. The number of nitrogens with zero attached hydrogens (tertiary/aromatic N) is 3. The quantitative estimate of drug-likeness (QED) is 0.784.